The van der Waals surface area contributed by atoms with E-state index in [1.807, 2.05) is 85.9 Å². The van der Waals surface area contributed by atoms with Crippen molar-refractivity contribution in [2.24, 2.45) is 7.05 Å². The van der Waals surface area contributed by atoms with Crippen LogP contribution in [0, 0.1) is 0 Å². The number of carbonyl (C=O) groups is 1. The van der Waals surface area contributed by atoms with Crippen molar-refractivity contribution in [3.8, 4) is 17.1 Å². The minimum absolute atomic E-state index is 0.0895. The molecule has 146 valence electrons. The van der Waals surface area contributed by atoms with E-state index < -0.39 is 0 Å². The maximum absolute atomic E-state index is 13.4. The van der Waals surface area contributed by atoms with E-state index in [0.717, 1.165) is 33.1 Å². The Bertz CT molecular complexity index is 1370. The number of nitrogens with zero attached hydrogens (tertiary/aromatic N) is 3. The fourth-order valence-corrected chi connectivity index (χ4v) is 3.91. The van der Waals surface area contributed by atoms with Gasteiger partial charge < -0.3 is 9.30 Å². The minimum Gasteiger partial charge on any atom is -0.469 e. The molecule has 2 heterocycles. The average molecular weight is 393 g/mol. The van der Waals surface area contributed by atoms with Gasteiger partial charge in [-0.3, -0.25) is 4.79 Å². The van der Waals surface area contributed by atoms with Gasteiger partial charge >= 0.3 is 0 Å². The predicted octanol–water partition coefficient (Wildman–Crippen LogP) is 5.05. The molecule has 0 aliphatic rings. The Morgan fingerprint density at radius 2 is 1.57 bits per heavy atom. The van der Waals surface area contributed by atoms with E-state index in [2.05, 4.69) is 14.5 Å². The Morgan fingerprint density at radius 1 is 0.867 bits per heavy atom. The first-order chi connectivity index (χ1) is 14.7. The van der Waals surface area contributed by atoms with E-state index in [9.17, 15) is 4.79 Å². The van der Waals surface area contributed by atoms with Gasteiger partial charge in [0.1, 0.15) is 6.33 Å². The lowest BCUT2D eigenvalue weighted by Gasteiger charge is -2.10. The summed E-state index contributed by atoms with van der Waals surface area (Å²) in [6.07, 6.45) is 1.45. The number of hydrogen-bond acceptors (Lipinski definition) is 4. The summed E-state index contributed by atoms with van der Waals surface area (Å²) in [5.74, 6) is 0.323. The van der Waals surface area contributed by atoms with E-state index in [1.54, 1.807) is 0 Å². The lowest BCUT2D eigenvalue weighted by atomic mass is 10.0. The maximum atomic E-state index is 13.4. The second-order valence-corrected chi connectivity index (χ2v) is 7.07. The van der Waals surface area contributed by atoms with Crippen LogP contribution in [-0.4, -0.2) is 26.9 Å². The monoisotopic (exact) mass is 393 g/mol. The molecule has 3 aromatic carbocycles. The van der Waals surface area contributed by atoms with Crippen LogP contribution in [0.1, 0.15) is 10.4 Å². The highest BCUT2D eigenvalue weighted by Crippen LogP contribution is 2.33. The van der Waals surface area contributed by atoms with Crippen LogP contribution in [0.3, 0.4) is 0 Å². The Kier molecular flexibility index (Phi) is 4.48. The number of fused-ring (bicyclic) bond motifs is 2. The number of Topliss-reactive ketones (excluding diaryl/α,β-unsaturated/α-hetero) is 1. The molecule has 0 saturated carbocycles. The van der Waals surface area contributed by atoms with Gasteiger partial charge in [0.05, 0.1) is 22.2 Å². The number of ketones is 1. The molecule has 2 aromatic heterocycles. The molecule has 0 atom stereocenters. The molecule has 0 unspecified atom stereocenters. The Labute approximate surface area is 173 Å². The van der Waals surface area contributed by atoms with Crippen molar-refractivity contribution in [1.29, 1.82) is 0 Å². The lowest BCUT2D eigenvalue weighted by molar-refractivity contribution is 0.0921. The fourth-order valence-electron chi connectivity index (χ4n) is 3.91. The SMILES string of the molecule is Cn1c(-c2ccccc2)c(C(=O)COc2ncnc3ccccc23)c2ccccc21. The number of para-hydroxylation sites is 2. The quantitative estimate of drug-likeness (QED) is 0.392. The second kappa shape index (κ2) is 7.44. The molecule has 0 aliphatic heterocycles. The third kappa shape index (κ3) is 3.01. The molecule has 0 fully saturated rings. The molecule has 0 spiro atoms. The second-order valence-electron chi connectivity index (χ2n) is 7.07. The molecule has 5 nitrogen and oxygen atoms in total. The number of rotatable bonds is 5. The summed E-state index contributed by atoms with van der Waals surface area (Å²) < 4.78 is 7.94. The smallest absolute Gasteiger partial charge is 0.224 e. The van der Waals surface area contributed by atoms with Crippen LogP contribution < -0.4 is 4.74 Å². The number of aryl methyl sites for hydroxylation is 1. The van der Waals surface area contributed by atoms with Gasteiger partial charge in [-0.15, -0.1) is 0 Å². The van der Waals surface area contributed by atoms with Gasteiger partial charge in [-0.05, 0) is 23.8 Å². The molecule has 5 heteroatoms. The third-order valence-electron chi connectivity index (χ3n) is 5.28. The first-order valence-electron chi connectivity index (χ1n) is 9.72. The molecule has 0 radical (unpaired) electrons. The lowest BCUT2D eigenvalue weighted by Crippen LogP contribution is -2.13. The van der Waals surface area contributed by atoms with Gasteiger partial charge in [-0.2, -0.15) is 0 Å². The van der Waals surface area contributed by atoms with Gasteiger partial charge in [0.15, 0.2) is 6.61 Å². The van der Waals surface area contributed by atoms with Crippen molar-refractivity contribution in [2.75, 3.05) is 6.61 Å². The highest BCUT2D eigenvalue weighted by molar-refractivity contribution is 6.14. The molecule has 0 aliphatic carbocycles. The van der Waals surface area contributed by atoms with Crippen LogP contribution in [0.15, 0.2) is 85.2 Å². The number of hydrogen-bond donors (Lipinski definition) is 0. The highest BCUT2D eigenvalue weighted by atomic mass is 16.5. The third-order valence-corrected chi connectivity index (χ3v) is 5.28. The van der Waals surface area contributed by atoms with Crippen molar-refractivity contribution >= 4 is 27.6 Å². The van der Waals surface area contributed by atoms with E-state index in [1.165, 1.54) is 6.33 Å². The van der Waals surface area contributed by atoms with Gasteiger partial charge in [0.2, 0.25) is 11.7 Å². The zero-order valence-corrected chi connectivity index (χ0v) is 16.4. The minimum atomic E-state index is -0.102. The summed E-state index contributed by atoms with van der Waals surface area (Å²) >= 11 is 0. The van der Waals surface area contributed by atoms with Gasteiger partial charge in [0, 0.05) is 18.0 Å². The Balaban J connectivity index is 1.56. The Morgan fingerprint density at radius 3 is 2.40 bits per heavy atom. The van der Waals surface area contributed by atoms with Crippen LogP contribution in [-0.2, 0) is 7.05 Å². The highest BCUT2D eigenvalue weighted by Gasteiger charge is 2.22. The number of aromatic nitrogens is 3. The summed E-state index contributed by atoms with van der Waals surface area (Å²) in [6.45, 7) is -0.102. The topological polar surface area (TPSA) is 57.0 Å². The van der Waals surface area contributed by atoms with E-state index in [-0.39, 0.29) is 12.4 Å². The standard InChI is InChI=1S/C25H19N3O2/c1-28-21-14-8-6-12-19(21)23(24(28)17-9-3-2-4-10-17)22(29)15-30-25-18-11-5-7-13-20(18)26-16-27-25/h2-14,16H,15H2,1H3. The molecule has 0 saturated heterocycles. The summed E-state index contributed by atoms with van der Waals surface area (Å²) in [7, 11) is 1.99. The summed E-state index contributed by atoms with van der Waals surface area (Å²) in [6, 6.07) is 25.5. The Hall–Kier alpha value is -3.99. The van der Waals surface area contributed by atoms with Crippen LogP contribution in [0.4, 0.5) is 0 Å². The maximum Gasteiger partial charge on any atom is 0.224 e. The normalized spacial score (nSPS) is 11.1. The molecule has 30 heavy (non-hydrogen) atoms. The van der Waals surface area contributed by atoms with Gasteiger partial charge in [-0.1, -0.05) is 60.7 Å². The van der Waals surface area contributed by atoms with Gasteiger partial charge in [0.25, 0.3) is 0 Å². The predicted molar refractivity (Wildman–Crippen MR) is 118 cm³/mol. The molecule has 0 N–H and O–H groups in total. The zero-order chi connectivity index (χ0) is 20.5. The molecule has 5 rings (SSSR count). The van der Waals surface area contributed by atoms with Crippen LogP contribution in [0.2, 0.25) is 0 Å². The summed E-state index contributed by atoms with van der Waals surface area (Å²) in [4.78, 5) is 21.9. The zero-order valence-electron chi connectivity index (χ0n) is 16.4. The van der Waals surface area contributed by atoms with Crippen LogP contribution >= 0.6 is 0 Å². The van der Waals surface area contributed by atoms with E-state index in [4.69, 9.17) is 4.74 Å². The van der Waals surface area contributed by atoms with E-state index in [0.29, 0.717) is 11.4 Å². The van der Waals surface area contributed by atoms with Crippen LogP contribution in [0.5, 0.6) is 5.88 Å². The summed E-state index contributed by atoms with van der Waals surface area (Å²) in [5, 5.41) is 1.70. The molecule has 0 bridgehead atoms. The summed E-state index contributed by atoms with van der Waals surface area (Å²) in [5.41, 5.74) is 4.33. The number of benzene rings is 3. The van der Waals surface area contributed by atoms with Crippen molar-refractivity contribution in [3.63, 3.8) is 0 Å². The van der Waals surface area contributed by atoms with Gasteiger partial charge in [-0.25, -0.2) is 9.97 Å². The molecule has 0 amide bonds. The molecule has 5 aromatic rings. The number of ether oxygens (including phenoxy) is 1. The number of carbonyl (C=O) groups excluding carboxylic acids is 1. The van der Waals surface area contributed by atoms with E-state index >= 15 is 0 Å². The fraction of sp³-hybridized carbons (Fsp3) is 0.0800. The van der Waals surface area contributed by atoms with Crippen molar-refractivity contribution < 1.29 is 9.53 Å². The van der Waals surface area contributed by atoms with Crippen LogP contribution in [0.25, 0.3) is 33.1 Å². The molecular formula is C25H19N3O2. The first kappa shape index (κ1) is 18.1. The first-order valence-corrected chi connectivity index (χ1v) is 9.72. The average Bonchev–Trinajstić information content (AvgIpc) is 3.10. The van der Waals surface area contributed by atoms with Crippen molar-refractivity contribution in [1.82, 2.24) is 14.5 Å². The van der Waals surface area contributed by atoms with Crippen molar-refractivity contribution in [3.05, 3.63) is 90.8 Å². The largest absolute Gasteiger partial charge is 0.469 e. The van der Waals surface area contributed by atoms with Crippen molar-refractivity contribution in [2.45, 2.75) is 0 Å². The molecular weight excluding hydrogens is 374 g/mol.